The Balaban J connectivity index is 2.35. The van der Waals surface area contributed by atoms with E-state index in [0.29, 0.717) is 5.56 Å². The van der Waals surface area contributed by atoms with Crippen molar-refractivity contribution in [3.05, 3.63) is 35.2 Å². The van der Waals surface area contributed by atoms with Gasteiger partial charge in [-0.25, -0.2) is 0 Å². The molecule has 4 nitrogen and oxygen atoms in total. The van der Waals surface area contributed by atoms with Gasteiger partial charge >= 0.3 is 0 Å². The molecule has 16 heavy (non-hydrogen) atoms. The van der Waals surface area contributed by atoms with E-state index in [2.05, 4.69) is 0 Å². The molecule has 4 N–H and O–H groups in total. The maximum atomic E-state index is 10.7. The normalized spacial score (nSPS) is 14.9. The van der Waals surface area contributed by atoms with E-state index in [0.717, 1.165) is 10.1 Å². The van der Waals surface area contributed by atoms with Crippen molar-refractivity contribution in [1.29, 1.82) is 0 Å². The van der Waals surface area contributed by atoms with E-state index in [1.54, 1.807) is 23.5 Å². The minimum absolute atomic E-state index is 0.484. The molecule has 0 bridgehead atoms. The Labute approximate surface area is 95.9 Å². The number of amides is 1. The van der Waals surface area contributed by atoms with Crippen molar-refractivity contribution >= 4 is 27.3 Å². The molecule has 1 aromatic heterocycles. The summed E-state index contributed by atoms with van der Waals surface area (Å²) in [5.74, 6) is -0.932. The lowest BCUT2D eigenvalue weighted by molar-refractivity contribution is -0.131. The molecule has 5 heteroatoms. The molecule has 2 unspecified atom stereocenters. The smallest absolute Gasteiger partial charge is 0.249 e. The minimum Gasteiger partial charge on any atom is -0.385 e. The van der Waals surface area contributed by atoms with Crippen LogP contribution < -0.4 is 5.73 Å². The van der Waals surface area contributed by atoms with E-state index in [1.165, 1.54) is 0 Å². The van der Waals surface area contributed by atoms with E-state index in [-0.39, 0.29) is 0 Å². The molecule has 2 aromatic rings. The SMILES string of the molecule is NC(=O)C(O)C(O)c1ccc2sccc2c1. The number of fused-ring (bicyclic) bond motifs is 1. The van der Waals surface area contributed by atoms with Gasteiger partial charge in [-0.1, -0.05) is 6.07 Å². The van der Waals surface area contributed by atoms with Crippen LogP contribution >= 0.6 is 11.3 Å². The van der Waals surface area contributed by atoms with Gasteiger partial charge in [-0.3, -0.25) is 4.79 Å². The van der Waals surface area contributed by atoms with E-state index >= 15 is 0 Å². The highest BCUT2D eigenvalue weighted by Gasteiger charge is 2.23. The van der Waals surface area contributed by atoms with Crippen LogP contribution in [-0.4, -0.2) is 22.2 Å². The van der Waals surface area contributed by atoms with Gasteiger partial charge in [0.05, 0.1) is 0 Å². The third kappa shape index (κ3) is 1.92. The molecule has 1 amide bonds. The summed E-state index contributed by atoms with van der Waals surface area (Å²) >= 11 is 1.59. The van der Waals surface area contributed by atoms with Crippen LogP contribution in [0.5, 0.6) is 0 Å². The Morgan fingerprint density at radius 3 is 2.75 bits per heavy atom. The van der Waals surface area contributed by atoms with Crippen molar-refractivity contribution in [2.75, 3.05) is 0 Å². The molecule has 2 rings (SSSR count). The number of hydrogen-bond donors (Lipinski definition) is 3. The average Bonchev–Trinajstić information content (AvgIpc) is 2.73. The van der Waals surface area contributed by atoms with Crippen LogP contribution in [0.2, 0.25) is 0 Å². The van der Waals surface area contributed by atoms with Crippen molar-refractivity contribution in [3.8, 4) is 0 Å². The largest absolute Gasteiger partial charge is 0.385 e. The highest BCUT2D eigenvalue weighted by molar-refractivity contribution is 7.17. The Morgan fingerprint density at radius 1 is 1.31 bits per heavy atom. The molecule has 0 spiro atoms. The molecule has 0 aliphatic rings. The zero-order valence-electron chi connectivity index (χ0n) is 8.33. The molecule has 0 saturated heterocycles. The third-order valence-electron chi connectivity index (χ3n) is 2.41. The van der Waals surface area contributed by atoms with Gasteiger partial charge in [-0.15, -0.1) is 11.3 Å². The van der Waals surface area contributed by atoms with E-state index in [4.69, 9.17) is 5.73 Å². The maximum Gasteiger partial charge on any atom is 0.249 e. The zero-order chi connectivity index (χ0) is 11.7. The number of nitrogens with two attached hydrogens (primary N) is 1. The van der Waals surface area contributed by atoms with Gasteiger partial charge in [-0.2, -0.15) is 0 Å². The third-order valence-corrected chi connectivity index (χ3v) is 3.31. The van der Waals surface area contributed by atoms with Gasteiger partial charge in [0.2, 0.25) is 5.91 Å². The Kier molecular flexibility index (Phi) is 2.91. The van der Waals surface area contributed by atoms with Crippen LogP contribution in [0.3, 0.4) is 0 Å². The molecular formula is C11H11NO3S. The number of benzene rings is 1. The van der Waals surface area contributed by atoms with Gasteiger partial charge in [0.1, 0.15) is 6.10 Å². The van der Waals surface area contributed by atoms with Crippen molar-refractivity contribution in [2.45, 2.75) is 12.2 Å². The van der Waals surface area contributed by atoms with E-state index < -0.39 is 18.1 Å². The molecule has 0 saturated carbocycles. The van der Waals surface area contributed by atoms with E-state index in [9.17, 15) is 15.0 Å². The van der Waals surface area contributed by atoms with Crippen molar-refractivity contribution < 1.29 is 15.0 Å². The Bertz CT molecular complexity index is 523. The molecule has 84 valence electrons. The summed E-state index contributed by atoms with van der Waals surface area (Å²) in [7, 11) is 0. The van der Waals surface area contributed by atoms with Gasteiger partial charge < -0.3 is 15.9 Å². The van der Waals surface area contributed by atoms with Crippen LogP contribution in [0.25, 0.3) is 10.1 Å². The summed E-state index contributed by atoms with van der Waals surface area (Å²) in [6.07, 6.45) is -2.85. The fourth-order valence-corrected chi connectivity index (χ4v) is 2.28. The number of aliphatic hydroxyl groups is 2. The standard InChI is InChI=1S/C11H11NO3S/c12-11(15)10(14)9(13)7-1-2-8-6(5-7)3-4-16-8/h1-5,9-10,13-14H,(H2,12,15). The molecular weight excluding hydrogens is 226 g/mol. The first-order valence-electron chi connectivity index (χ1n) is 4.72. The van der Waals surface area contributed by atoms with Crippen molar-refractivity contribution in [1.82, 2.24) is 0 Å². The number of thiophene rings is 1. The highest BCUT2D eigenvalue weighted by Crippen LogP contribution is 2.25. The summed E-state index contributed by atoms with van der Waals surface area (Å²) in [6, 6.07) is 7.16. The number of aliphatic hydroxyl groups excluding tert-OH is 2. The average molecular weight is 237 g/mol. The lowest BCUT2D eigenvalue weighted by Crippen LogP contribution is -2.33. The predicted molar refractivity (Wildman–Crippen MR) is 62.0 cm³/mol. The molecule has 1 heterocycles. The lowest BCUT2D eigenvalue weighted by atomic mass is 10.0. The predicted octanol–water partition coefficient (Wildman–Crippen LogP) is 0.781. The molecule has 0 aliphatic carbocycles. The Morgan fingerprint density at radius 2 is 2.06 bits per heavy atom. The van der Waals surface area contributed by atoms with Gasteiger partial charge in [0.15, 0.2) is 6.10 Å². The van der Waals surface area contributed by atoms with Crippen molar-refractivity contribution in [2.24, 2.45) is 5.73 Å². The number of primary amides is 1. The summed E-state index contributed by atoms with van der Waals surface area (Å²) in [5, 5.41) is 22.0. The van der Waals surface area contributed by atoms with Gasteiger partial charge in [0, 0.05) is 4.70 Å². The fraction of sp³-hybridized carbons (Fsp3) is 0.182. The van der Waals surface area contributed by atoms with Gasteiger partial charge in [0.25, 0.3) is 0 Å². The van der Waals surface area contributed by atoms with Crippen LogP contribution in [-0.2, 0) is 4.79 Å². The van der Waals surface area contributed by atoms with Crippen LogP contribution in [0.15, 0.2) is 29.6 Å². The number of carbonyl (C=O) groups is 1. The first-order valence-corrected chi connectivity index (χ1v) is 5.60. The second-order valence-corrected chi connectivity index (χ2v) is 4.46. The Hall–Kier alpha value is -1.43. The summed E-state index contributed by atoms with van der Waals surface area (Å²) in [5.41, 5.74) is 5.40. The monoisotopic (exact) mass is 237 g/mol. The maximum absolute atomic E-state index is 10.7. The quantitative estimate of drug-likeness (QED) is 0.737. The second-order valence-electron chi connectivity index (χ2n) is 3.51. The zero-order valence-corrected chi connectivity index (χ0v) is 9.15. The van der Waals surface area contributed by atoms with Crippen molar-refractivity contribution in [3.63, 3.8) is 0 Å². The second kappa shape index (κ2) is 4.21. The van der Waals surface area contributed by atoms with Crippen LogP contribution in [0.1, 0.15) is 11.7 Å². The molecule has 0 aliphatic heterocycles. The first kappa shape index (κ1) is 11.1. The fourth-order valence-electron chi connectivity index (χ4n) is 1.51. The summed E-state index contributed by atoms with van der Waals surface area (Å²) < 4.78 is 1.09. The first-order chi connectivity index (χ1) is 7.59. The molecule has 0 radical (unpaired) electrons. The molecule has 2 atom stereocenters. The molecule has 1 aromatic carbocycles. The minimum atomic E-state index is -1.57. The van der Waals surface area contributed by atoms with Crippen LogP contribution in [0.4, 0.5) is 0 Å². The lowest BCUT2D eigenvalue weighted by Gasteiger charge is -2.15. The van der Waals surface area contributed by atoms with Crippen LogP contribution in [0, 0.1) is 0 Å². The van der Waals surface area contributed by atoms with Gasteiger partial charge in [-0.05, 0) is 34.5 Å². The van der Waals surface area contributed by atoms with E-state index in [1.807, 2.05) is 17.5 Å². The number of carbonyl (C=O) groups excluding carboxylic acids is 1. The summed E-state index contributed by atoms with van der Waals surface area (Å²) in [4.78, 5) is 10.7. The summed E-state index contributed by atoms with van der Waals surface area (Å²) in [6.45, 7) is 0. The molecule has 0 fully saturated rings. The topological polar surface area (TPSA) is 83.6 Å². The number of rotatable bonds is 3. The number of hydrogen-bond acceptors (Lipinski definition) is 4. The highest BCUT2D eigenvalue weighted by atomic mass is 32.1.